The van der Waals surface area contributed by atoms with Gasteiger partial charge in [-0.1, -0.05) is 6.08 Å². The third kappa shape index (κ3) is 5.18. The molecular weight excluding hydrogens is 518 g/mol. The monoisotopic (exact) mass is 551 g/mol. The number of aromatic nitrogens is 6. The van der Waals surface area contributed by atoms with Gasteiger partial charge in [-0.2, -0.15) is 5.10 Å². The average Bonchev–Trinajstić information content (AvgIpc) is 3.56. The molecule has 1 fully saturated rings. The molecule has 3 aromatic heterocycles. The molecule has 1 amide bonds. The molecule has 10 heteroatoms. The van der Waals surface area contributed by atoms with E-state index in [4.69, 9.17) is 14.6 Å². The van der Waals surface area contributed by atoms with Crippen LogP contribution in [0.25, 0.3) is 33.3 Å². The van der Waals surface area contributed by atoms with Gasteiger partial charge >= 0.3 is 0 Å². The lowest BCUT2D eigenvalue weighted by Gasteiger charge is -2.32. The lowest BCUT2D eigenvalue weighted by Crippen LogP contribution is -2.40. The van der Waals surface area contributed by atoms with Crippen LogP contribution in [0.1, 0.15) is 30.1 Å². The summed E-state index contributed by atoms with van der Waals surface area (Å²) in [4.78, 5) is 28.2. The van der Waals surface area contributed by atoms with Gasteiger partial charge in [0.2, 0.25) is 5.91 Å². The molecule has 6 rings (SSSR count). The first kappa shape index (κ1) is 26.6. The summed E-state index contributed by atoms with van der Waals surface area (Å²) in [6, 6.07) is 12.0. The number of carbonyl (C=O) groups excluding carboxylic acids is 1. The Bertz CT molecular complexity index is 1770. The molecular formula is C31H33N7O3. The fourth-order valence-electron chi connectivity index (χ4n) is 5.50. The van der Waals surface area contributed by atoms with Crippen molar-refractivity contribution in [2.45, 2.75) is 32.7 Å². The molecule has 0 spiro atoms. The summed E-state index contributed by atoms with van der Waals surface area (Å²) in [7, 11) is 3.59. The van der Waals surface area contributed by atoms with Gasteiger partial charge in [0.05, 0.1) is 41.1 Å². The topological polar surface area (TPSA) is 100 Å². The van der Waals surface area contributed by atoms with Gasteiger partial charge in [0, 0.05) is 45.0 Å². The fraction of sp³-hybridized carbons (Fsp3) is 0.323. The largest absolute Gasteiger partial charge is 0.457 e. The van der Waals surface area contributed by atoms with Crippen LogP contribution >= 0.6 is 0 Å². The number of imidazole rings is 1. The molecule has 4 heterocycles. The van der Waals surface area contributed by atoms with E-state index in [0.717, 1.165) is 75.5 Å². The van der Waals surface area contributed by atoms with Crippen molar-refractivity contribution in [1.82, 2.24) is 34.2 Å². The summed E-state index contributed by atoms with van der Waals surface area (Å²) in [6.07, 6.45) is 8.52. The molecule has 0 N–H and O–H groups in total. The van der Waals surface area contributed by atoms with Crippen LogP contribution in [0.3, 0.4) is 0 Å². The van der Waals surface area contributed by atoms with Crippen LogP contribution in [0, 0.1) is 13.8 Å². The summed E-state index contributed by atoms with van der Waals surface area (Å²) in [6.45, 7) is 5.72. The standard InChI is InChI=1S/C31H33N7O3/c1-20-15-22(9-12-27(20)41-24-10-11-26-25(16-24)34-19-36(26)3)30-29-21(2)32-18-33-31(29)38(35-30)23-7-5-13-37(17-23)28(39)8-6-14-40-4/h6,8-12,15-16,18-19,23H,5,7,13-14,17H2,1-4H3/b8-6+. The molecule has 1 saturated heterocycles. The fourth-order valence-corrected chi connectivity index (χ4v) is 5.50. The Morgan fingerprint density at radius 3 is 2.83 bits per heavy atom. The second-order valence-electron chi connectivity index (χ2n) is 10.5. The Labute approximate surface area is 238 Å². The molecule has 210 valence electrons. The van der Waals surface area contributed by atoms with Gasteiger partial charge in [0.15, 0.2) is 5.65 Å². The highest BCUT2D eigenvalue weighted by Gasteiger charge is 2.28. The lowest BCUT2D eigenvalue weighted by atomic mass is 10.0. The maximum atomic E-state index is 12.8. The minimum Gasteiger partial charge on any atom is -0.457 e. The number of likely N-dealkylation sites (tertiary alicyclic amines) is 1. The van der Waals surface area contributed by atoms with E-state index in [1.165, 1.54) is 0 Å². The molecule has 0 aliphatic carbocycles. The van der Waals surface area contributed by atoms with Crippen LogP contribution in [0.15, 0.2) is 61.2 Å². The highest BCUT2D eigenvalue weighted by Crippen LogP contribution is 2.35. The molecule has 0 bridgehead atoms. The van der Waals surface area contributed by atoms with E-state index < -0.39 is 0 Å². The number of amides is 1. The number of fused-ring (bicyclic) bond motifs is 2. The summed E-state index contributed by atoms with van der Waals surface area (Å²) in [5.74, 6) is 1.49. The zero-order chi connectivity index (χ0) is 28.5. The normalized spacial score (nSPS) is 15.8. The highest BCUT2D eigenvalue weighted by atomic mass is 16.5. The van der Waals surface area contributed by atoms with Crippen molar-refractivity contribution in [3.05, 3.63) is 72.5 Å². The lowest BCUT2D eigenvalue weighted by molar-refractivity contribution is -0.127. The maximum Gasteiger partial charge on any atom is 0.246 e. The second kappa shape index (κ2) is 11.1. The van der Waals surface area contributed by atoms with E-state index in [1.807, 2.05) is 65.4 Å². The van der Waals surface area contributed by atoms with Crippen LogP contribution < -0.4 is 4.74 Å². The number of aryl methyl sites for hydroxylation is 3. The minimum absolute atomic E-state index is 0.0114. The van der Waals surface area contributed by atoms with Gasteiger partial charge in [-0.05, 0) is 62.6 Å². The van der Waals surface area contributed by atoms with E-state index in [9.17, 15) is 4.79 Å². The van der Waals surface area contributed by atoms with Crippen molar-refractivity contribution >= 4 is 28.0 Å². The van der Waals surface area contributed by atoms with Gasteiger partial charge in [-0.3, -0.25) is 4.79 Å². The number of ether oxygens (including phenoxy) is 2. The number of piperidine rings is 1. The molecule has 5 aromatic rings. The number of benzene rings is 2. The second-order valence-corrected chi connectivity index (χ2v) is 10.5. The molecule has 2 aromatic carbocycles. The van der Waals surface area contributed by atoms with Gasteiger partial charge < -0.3 is 18.9 Å². The SMILES string of the molecule is COC/C=C/C(=O)N1CCCC(n2nc(-c3ccc(Oc4ccc5c(c4)ncn5C)c(C)c3)c3c(C)ncnc32)C1. The third-order valence-corrected chi connectivity index (χ3v) is 7.63. The van der Waals surface area contributed by atoms with E-state index >= 15 is 0 Å². The van der Waals surface area contributed by atoms with E-state index in [-0.39, 0.29) is 11.9 Å². The van der Waals surface area contributed by atoms with Gasteiger partial charge in [0.1, 0.15) is 23.5 Å². The predicted molar refractivity (Wildman–Crippen MR) is 157 cm³/mol. The number of nitrogens with zero attached hydrogens (tertiary/aromatic N) is 7. The number of hydrogen-bond acceptors (Lipinski definition) is 7. The first-order chi connectivity index (χ1) is 19.9. The number of rotatable bonds is 7. The zero-order valence-electron chi connectivity index (χ0n) is 23.7. The van der Waals surface area contributed by atoms with Crippen molar-refractivity contribution < 1.29 is 14.3 Å². The van der Waals surface area contributed by atoms with Crippen molar-refractivity contribution in [2.75, 3.05) is 26.8 Å². The van der Waals surface area contributed by atoms with Gasteiger partial charge in [-0.15, -0.1) is 0 Å². The quantitative estimate of drug-likeness (QED) is 0.258. The van der Waals surface area contributed by atoms with Gasteiger partial charge in [-0.25, -0.2) is 19.6 Å². The Kier molecular flexibility index (Phi) is 7.23. The first-order valence-electron chi connectivity index (χ1n) is 13.8. The summed E-state index contributed by atoms with van der Waals surface area (Å²) in [5, 5.41) is 6.01. The Hall–Kier alpha value is -4.57. The number of methoxy groups -OCH3 is 1. The van der Waals surface area contributed by atoms with Crippen LogP contribution in [0.2, 0.25) is 0 Å². The molecule has 10 nitrogen and oxygen atoms in total. The van der Waals surface area contributed by atoms with Crippen LogP contribution in [-0.4, -0.2) is 66.9 Å². The molecule has 1 aliphatic heterocycles. The Morgan fingerprint density at radius 1 is 1.12 bits per heavy atom. The van der Waals surface area contributed by atoms with Crippen LogP contribution in [0.4, 0.5) is 0 Å². The smallest absolute Gasteiger partial charge is 0.246 e. The van der Waals surface area contributed by atoms with Crippen molar-refractivity contribution in [2.24, 2.45) is 7.05 Å². The summed E-state index contributed by atoms with van der Waals surface area (Å²) < 4.78 is 15.3. The molecule has 1 aliphatic rings. The van der Waals surface area contributed by atoms with E-state index in [1.54, 1.807) is 31.9 Å². The minimum atomic E-state index is -0.0114. The van der Waals surface area contributed by atoms with Crippen molar-refractivity contribution in [3.8, 4) is 22.8 Å². The summed E-state index contributed by atoms with van der Waals surface area (Å²) in [5.41, 5.74) is 6.36. The first-order valence-corrected chi connectivity index (χ1v) is 13.8. The predicted octanol–water partition coefficient (Wildman–Crippen LogP) is 5.16. The Morgan fingerprint density at radius 2 is 2.00 bits per heavy atom. The average molecular weight is 552 g/mol. The third-order valence-electron chi connectivity index (χ3n) is 7.63. The number of carbonyl (C=O) groups is 1. The molecule has 41 heavy (non-hydrogen) atoms. The molecule has 1 atom stereocenters. The Balaban J connectivity index is 1.30. The number of hydrogen-bond donors (Lipinski definition) is 0. The van der Waals surface area contributed by atoms with Gasteiger partial charge in [0.25, 0.3) is 0 Å². The van der Waals surface area contributed by atoms with Crippen LogP contribution in [0.5, 0.6) is 11.5 Å². The highest BCUT2D eigenvalue weighted by molar-refractivity contribution is 5.93. The van der Waals surface area contributed by atoms with E-state index in [0.29, 0.717) is 13.2 Å². The molecule has 0 saturated carbocycles. The molecule has 0 radical (unpaired) electrons. The van der Waals surface area contributed by atoms with Crippen LogP contribution in [-0.2, 0) is 16.6 Å². The van der Waals surface area contributed by atoms with E-state index in [2.05, 4.69) is 21.0 Å². The van der Waals surface area contributed by atoms with Crippen molar-refractivity contribution in [3.63, 3.8) is 0 Å². The molecule has 1 unspecified atom stereocenters. The van der Waals surface area contributed by atoms with Crippen molar-refractivity contribution in [1.29, 1.82) is 0 Å². The summed E-state index contributed by atoms with van der Waals surface area (Å²) >= 11 is 0. The maximum absolute atomic E-state index is 12.8. The zero-order valence-corrected chi connectivity index (χ0v) is 23.7.